The molecule has 0 saturated carbocycles. The fourth-order valence-electron chi connectivity index (χ4n) is 1.22. The van der Waals surface area contributed by atoms with Crippen molar-refractivity contribution in [3.8, 4) is 0 Å². The first-order valence-electron chi connectivity index (χ1n) is 3.68. The normalized spacial score (nSPS) is 10.2. The van der Waals surface area contributed by atoms with E-state index in [1.165, 1.54) is 0 Å². The Hall–Kier alpha value is -0.520. The first kappa shape index (κ1) is 9.57. The first-order valence-corrected chi connectivity index (χ1v) is 4.76. The third-order valence-electron chi connectivity index (χ3n) is 1.89. The van der Waals surface area contributed by atoms with E-state index in [-0.39, 0.29) is 0 Å². The fourth-order valence-corrected chi connectivity index (χ4v) is 1.82. The number of hydrogen-bond acceptors (Lipinski definition) is 1. The van der Waals surface area contributed by atoms with Gasteiger partial charge in [-0.3, -0.25) is 0 Å². The van der Waals surface area contributed by atoms with Gasteiger partial charge in [0.05, 0.1) is 3.70 Å². The Balaban J connectivity index is 3.29. The number of halogens is 1. The lowest BCUT2D eigenvalue weighted by atomic mass is 10.1. The number of carboxylic acids is 1. The number of aromatic carboxylic acids is 1. The second-order valence-electron chi connectivity index (χ2n) is 2.58. The highest BCUT2D eigenvalue weighted by Crippen LogP contribution is 2.20. The molecule has 0 spiro atoms. The van der Waals surface area contributed by atoms with Crippen LogP contribution >= 0.6 is 22.6 Å². The van der Waals surface area contributed by atoms with Crippen LogP contribution in [-0.4, -0.2) is 16.1 Å². The minimum Gasteiger partial charge on any atom is -0.477 e. The van der Waals surface area contributed by atoms with E-state index in [0.29, 0.717) is 5.69 Å². The molecule has 4 heteroatoms. The number of aromatic amines is 1. The van der Waals surface area contributed by atoms with E-state index in [4.69, 9.17) is 5.11 Å². The predicted octanol–water partition coefficient (Wildman–Crippen LogP) is 2.19. The molecule has 0 amide bonds. The molecule has 66 valence electrons. The van der Waals surface area contributed by atoms with E-state index in [0.717, 1.165) is 21.2 Å². The molecular formula is C8H10INO2. The van der Waals surface area contributed by atoms with Crippen molar-refractivity contribution in [2.75, 3.05) is 0 Å². The van der Waals surface area contributed by atoms with E-state index in [9.17, 15) is 4.79 Å². The lowest BCUT2D eigenvalue weighted by molar-refractivity contribution is 0.0690. The van der Waals surface area contributed by atoms with Crippen LogP contribution in [0.15, 0.2) is 0 Å². The Morgan fingerprint density at radius 3 is 2.58 bits per heavy atom. The van der Waals surface area contributed by atoms with E-state index in [2.05, 4.69) is 27.6 Å². The third kappa shape index (κ3) is 1.48. The quantitative estimate of drug-likeness (QED) is 0.815. The average Bonchev–Trinajstić information content (AvgIpc) is 2.29. The molecular weight excluding hydrogens is 269 g/mol. The van der Waals surface area contributed by atoms with Gasteiger partial charge in [-0.25, -0.2) is 4.79 Å². The molecule has 12 heavy (non-hydrogen) atoms. The van der Waals surface area contributed by atoms with Crippen LogP contribution < -0.4 is 0 Å². The summed E-state index contributed by atoms with van der Waals surface area (Å²) >= 11 is 2.11. The van der Waals surface area contributed by atoms with Gasteiger partial charge in [0, 0.05) is 0 Å². The maximum atomic E-state index is 10.7. The third-order valence-corrected chi connectivity index (χ3v) is 2.96. The van der Waals surface area contributed by atoms with Gasteiger partial charge in [-0.05, 0) is 47.1 Å². The zero-order chi connectivity index (χ0) is 9.30. The smallest absolute Gasteiger partial charge is 0.352 e. The van der Waals surface area contributed by atoms with Crippen molar-refractivity contribution in [2.24, 2.45) is 0 Å². The van der Waals surface area contributed by atoms with Crippen molar-refractivity contribution in [1.82, 2.24) is 4.98 Å². The Bertz CT molecular complexity index is 317. The highest BCUT2D eigenvalue weighted by molar-refractivity contribution is 14.1. The van der Waals surface area contributed by atoms with Gasteiger partial charge >= 0.3 is 5.97 Å². The second-order valence-corrected chi connectivity index (χ2v) is 3.65. The largest absolute Gasteiger partial charge is 0.477 e. The monoisotopic (exact) mass is 279 g/mol. The van der Waals surface area contributed by atoms with E-state index < -0.39 is 5.97 Å². The highest BCUT2D eigenvalue weighted by atomic mass is 127. The number of carbonyl (C=O) groups is 1. The van der Waals surface area contributed by atoms with Crippen LogP contribution in [0.1, 0.15) is 28.5 Å². The lowest BCUT2D eigenvalue weighted by Gasteiger charge is -1.95. The zero-order valence-corrected chi connectivity index (χ0v) is 9.10. The van der Waals surface area contributed by atoms with Gasteiger partial charge in [0.1, 0.15) is 5.69 Å². The fraction of sp³-hybridized carbons (Fsp3) is 0.375. The lowest BCUT2D eigenvalue weighted by Crippen LogP contribution is -2.00. The van der Waals surface area contributed by atoms with Crippen molar-refractivity contribution in [2.45, 2.75) is 20.3 Å². The van der Waals surface area contributed by atoms with Gasteiger partial charge in [-0.2, -0.15) is 0 Å². The van der Waals surface area contributed by atoms with Crippen molar-refractivity contribution in [3.05, 3.63) is 20.5 Å². The van der Waals surface area contributed by atoms with Crippen molar-refractivity contribution in [1.29, 1.82) is 0 Å². The molecule has 0 bridgehead atoms. The molecule has 0 saturated heterocycles. The number of carboxylic acid groups (broad SMARTS) is 1. The molecule has 1 aromatic rings. The van der Waals surface area contributed by atoms with E-state index >= 15 is 0 Å². The summed E-state index contributed by atoms with van der Waals surface area (Å²) in [5, 5.41) is 8.80. The highest BCUT2D eigenvalue weighted by Gasteiger charge is 2.15. The molecule has 0 aliphatic rings. The second kappa shape index (κ2) is 3.47. The molecule has 1 heterocycles. The van der Waals surface area contributed by atoms with Gasteiger partial charge in [0.2, 0.25) is 0 Å². The summed E-state index contributed by atoms with van der Waals surface area (Å²) in [4.78, 5) is 13.6. The molecule has 3 nitrogen and oxygen atoms in total. The molecule has 1 aromatic heterocycles. The average molecular weight is 279 g/mol. The maximum Gasteiger partial charge on any atom is 0.352 e. The van der Waals surface area contributed by atoms with Gasteiger partial charge < -0.3 is 10.1 Å². The number of aromatic nitrogens is 1. The van der Waals surface area contributed by atoms with Crippen LogP contribution in [0.5, 0.6) is 0 Å². The first-order chi connectivity index (χ1) is 5.57. The van der Waals surface area contributed by atoms with Crippen LogP contribution in [0.3, 0.4) is 0 Å². The molecule has 0 unspecified atom stereocenters. The summed E-state index contributed by atoms with van der Waals surface area (Å²) in [7, 11) is 0. The Morgan fingerprint density at radius 2 is 2.25 bits per heavy atom. The van der Waals surface area contributed by atoms with Crippen LogP contribution in [0.4, 0.5) is 0 Å². The molecule has 1 rings (SSSR count). The molecule has 0 fully saturated rings. The van der Waals surface area contributed by atoms with E-state index in [1.54, 1.807) is 0 Å². The SMILES string of the molecule is CCc1c(C(=O)O)[nH]c(I)c1C. The van der Waals surface area contributed by atoms with Crippen LogP contribution in [0, 0.1) is 10.6 Å². The molecule has 2 N–H and O–H groups in total. The van der Waals surface area contributed by atoms with E-state index in [1.807, 2.05) is 13.8 Å². The van der Waals surface area contributed by atoms with Crippen LogP contribution in [-0.2, 0) is 6.42 Å². The van der Waals surface area contributed by atoms with Crippen LogP contribution in [0.25, 0.3) is 0 Å². The summed E-state index contributed by atoms with van der Waals surface area (Å²) in [6, 6.07) is 0. The van der Waals surface area contributed by atoms with Gasteiger partial charge in [0.15, 0.2) is 0 Å². The van der Waals surface area contributed by atoms with Crippen molar-refractivity contribution < 1.29 is 9.90 Å². The summed E-state index contributed by atoms with van der Waals surface area (Å²) in [5.74, 6) is -0.877. The molecule has 0 aliphatic carbocycles. The summed E-state index contributed by atoms with van der Waals surface area (Å²) in [6.07, 6.45) is 0.757. The number of nitrogens with one attached hydrogen (secondary N) is 1. The Morgan fingerprint density at radius 1 is 1.67 bits per heavy atom. The molecule has 0 radical (unpaired) electrons. The minimum atomic E-state index is -0.877. The topological polar surface area (TPSA) is 53.1 Å². The molecule has 0 aliphatic heterocycles. The summed E-state index contributed by atoms with van der Waals surface area (Å²) in [5.41, 5.74) is 2.29. The number of hydrogen-bond donors (Lipinski definition) is 2. The predicted molar refractivity (Wildman–Crippen MR) is 54.6 cm³/mol. The summed E-state index contributed by atoms with van der Waals surface area (Å²) in [6.45, 7) is 3.89. The van der Waals surface area contributed by atoms with Gasteiger partial charge in [-0.1, -0.05) is 6.92 Å². The maximum absolute atomic E-state index is 10.7. The standard InChI is InChI=1S/C8H10INO2/c1-3-5-4(2)7(9)10-6(5)8(11)12/h10H,3H2,1-2H3,(H,11,12). The minimum absolute atomic E-state index is 0.333. The van der Waals surface area contributed by atoms with Gasteiger partial charge in [-0.15, -0.1) is 0 Å². The zero-order valence-electron chi connectivity index (χ0n) is 6.94. The Kier molecular flexibility index (Phi) is 2.76. The molecule has 0 atom stereocenters. The Labute approximate surface area is 84.3 Å². The summed E-state index contributed by atoms with van der Waals surface area (Å²) < 4.78 is 0.918. The van der Waals surface area contributed by atoms with Crippen LogP contribution in [0.2, 0.25) is 0 Å². The molecule has 0 aromatic carbocycles. The van der Waals surface area contributed by atoms with Crippen molar-refractivity contribution in [3.63, 3.8) is 0 Å². The number of H-pyrrole nitrogens is 1. The van der Waals surface area contributed by atoms with Crippen molar-refractivity contribution >= 4 is 28.6 Å². The van der Waals surface area contributed by atoms with Gasteiger partial charge in [0.25, 0.3) is 0 Å². The number of rotatable bonds is 2.